The fraction of sp³-hybridized carbons (Fsp3) is 0.222. The highest BCUT2D eigenvalue weighted by atomic mass is 32.2. The Kier molecular flexibility index (Phi) is 3.62. The summed E-state index contributed by atoms with van der Waals surface area (Å²) >= 11 is 0. The number of aromatic carboxylic acids is 1. The Hall–Kier alpha value is -2.20. The lowest BCUT2D eigenvalue weighted by Crippen LogP contribution is -2.27. The zero-order chi connectivity index (χ0) is 13.9. The van der Waals surface area contributed by atoms with Crippen LogP contribution in [0.2, 0.25) is 0 Å². The molecule has 0 aromatic carbocycles. The number of nitrogens with zero attached hydrogens (tertiary/aromatic N) is 3. The average Bonchev–Trinajstić information content (AvgIpc) is 3.00. The second-order valence-corrected chi connectivity index (χ2v) is 5.38. The Morgan fingerprint density at radius 1 is 1.53 bits per heavy atom. The largest absolute Gasteiger partial charge is 0.476 e. The Balaban J connectivity index is 1.91. The van der Waals surface area contributed by atoms with Gasteiger partial charge in [0, 0.05) is 18.9 Å². The summed E-state index contributed by atoms with van der Waals surface area (Å²) in [5.74, 6) is -1.18. The fourth-order valence-corrected chi connectivity index (χ4v) is 2.36. The normalized spacial score (nSPS) is 11.6. The van der Waals surface area contributed by atoms with E-state index in [-0.39, 0.29) is 23.7 Å². The van der Waals surface area contributed by atoms with Gasteiger partial charge in [-0.15, -0.1) is 5.10 Å². The maximum absolute atomic E-state index is 11.7. The fourth-order valence-electron chi connectivity index (χ4n) is 1.36. The molecule has 0 bridgehead atoms. The minimum absolute atomic E-state index is 0.0793. The molecular formula is C9H11N5O4S. The predicted molar refractivity (Wildman–Crippen MR) is 63.0 cm³/mol. The molecule has 2 aromatic heterocycles. The number of hydrogen-bond acceptors (Lipinski definition) is 5. The van der Waals surface area contributed by atoms with E-state index in [4.69, 9.17) is 5.11 Å². The SMILES string of the molecule is O=C(O)c1cn(CCNS(=O)(=O)c2cc[nH]c2)nn1. The molecule has 2 aromatic rings. The third kappa shape index (κ3) is 3.17. The molecule has 0 fully saturated rings. The van der Waals surface area contributed by atoms with Gasteiger partial charge in [0.05, 0.1) is 17.6 Å². The van der Waals surface area contributed by atoms with E-state index in [9.17, 15) is 13.2 Å². The Morgan fingerprint density at radius 3 is 2.89 bits per heavy atom. The molecule has 2 heterocycles. The molecule has 0 unspecified atom stereocenters. The minimum Gasteiger partial charge on any atom is -0.476 e. The van der Waals surface area contributed by atoms with E-state index in [1.165, 1.54) is 29.3 Å². The minimum atomic E-state index is -3.56. The van der Waals surface area contributed by atoms with Crippen LogP contribution in [0.1, 0.15) is 10.5 Å². The van der Waals surface area contributed by atoms with Crippen LogP contribution in [0.3, 0.4) is 0 Å². The first-order valence-corrected chi connectivity index (χ1v) is 6.73. The van der Waals surface area contributed by atoms with Crippen LogP contribution in [0, 0.1) is 0 Å². The van der Waals surface area contributed by atoms with E-state index in [0.717, 1.165) is 0 Å². The first kappa shape index (κ1) is 13.2. The number of carboxylic acid groups (broad SMARTS) is 1. The standard InChI is InChI=1S/C9H11N5O4S/c15-9(16)8-6-14(13-12-8)4-3-11-19(17,18)7-1-2-10-5-7/h1-2,5-6,10-11H,3-4H2,(H,15,16). The van der Waals surface area contributed by atoms with Crippen molar-refractivity contribution in [1.82, 2.24) is 24.7 Å². The summed E-state index contributed by atoms with van der Waals surface area (Å²) in [7, 11) is -3.56. The predicted octanol–water partition coefficient (Wildman–Crippen LogP) is -0.717. The number of hydrogen-bond donors (Lipinski definition) is 3. The zero-order valence-electron chi connectivity index (χ0n) is 9.65. The van der Waals surface area contributed by atoms with E-state index in [1.807, 2.05) is 0 Å². The Bertz CT molecular complexity index is 661. The number of rotatable bonds is 6. The third-order valence-electron chi connectivity index (χ3n) is 2.27. The van der Waals surface area contributed by atoms with Crippen molar-refractivity contribution in [3.63, 3.8) is 0 Å². The molecule has 9 nitrogen and oxygen atoms in total. The number of aromatic amines is 1. The van der Waals surface area contributed by atoms with Crippen molar-refractivity contribution in [2.45, 2.75) is 11.4 Å². The molecule has 0 aliphatic rings. The van der Waals surface area contributed by atoms with Crippen LogP contribution in [0.5, 0.6) is 0 Å². The molecule has 0 atom stereocenters. The molecule has 19 heavy (non-hydrogen) atoms. The van der Waals surface area contributed by atoms with Crippen molar-refractivity contribution in [3.8, 4) is 0 Å². The van der Waals surface area contributed by atoms with Crippen LogP contribution >= 0.6 is 0 Å². The molecular weight excluding hydrogens is 274 g/mol. The number of carboxylic acids is 1. The smallest absolute Gasteiger partial charge is 0.358 e. The summed E-state index contributed by atoms with van der Waals surface area (Å²) < 4.78 is 27.1. The lowest BCUT2D eigenvalue weighted by Gasteiger charge is -2.04. The van der Waals surface area contributed by atoms with E-state index >= 15 is 0 Å². The lowest BCUT2D eigenvalue weighted by molar-refractivity contribution is 0.0690. The van der Waals surface area contributed by atoms with Crippen LogP contribution in [0.15, 0.2) is 29.6 Å². The van der Waals surface area contributed by atoms with Gasteiger partial charge in [0.1, 0.15) is 0 Å². The second kappa shape index (κ2) is 5.20. The summed E-state index contributed by atoms with van der Waals surface area (Å²) in [6.07, 6.45) is 4.10. The topological polar surface area (TPSA) is 130 Å². The first-order valence-electron chi connectivity index (χ1n) is 5.25. The van der Waals surface area contributed by atoms with E-state index in [2.05, 4.69) is 20.0 Å². The molecule has 0 radical (unpaired) electrons. The highest BCUT2D eigenvalue weighted by Gasteiger charge is 2.14. The summed E-state index contributed by atoms with van der Waals surface area (Å²) in [5.41, 5.74) is -0.187. The van der Waals surface area contributed by atoms with Crippen molar-refractivity contribution < 1.29 is 18.3 Å². The van der Waals surface area contributed by atoms with Gasteiger partial charge in [-0.3, -0.25) is 4.68 Å². The molecule has 0 saturated heterocycles. The molecule has 0 spiro atoms. The summed E-state index contributed by atoms with van der Waals surface area (Å²) in [6.45, 7) is 0.264. The van der Waals surface area contributed by atoms with Gasteiger partial charge in [-0.2, -0.15) is 0 Å². The summed E-state index contributed by atoms with van der Waals surface area (Å²) in [4.78, 5) is 13.4. The maximum Gasteiger partial charge on any atom is 0.358 e. The summed E-state index contributed by atoms with van der Waals surface area (Å²) in [6, 6.07) is 1.43. The van der Waals surface area contributed by atoms with Gasteiger partial charge in [0.15, 0.2) is 5.69 Å². The Labute approximate surface area is 108 Å². The van der Waals surface area contributed by atoms with Crippen LogP contribution < -0.4 is 4.72 Å². The number of aromatic nitrogens is 4. The zero-order valence-corrected chi connectivity index (χ0v) is 10.5. The number of sulfonamides is 1. The quantitative estimate of drug-likeness (QED) is 0.642. The lowest BCUT2D eigenvalue weighted by atomic mass is 10.5. The van der Waals surface area contributed by atoms with E-state index < -0.39 is 16.0 Å². The molecule has 102 valence electrons. The molecule has 10 heteroatoms. The van der Waals surface area contributed by atoms with Gasteiger partial charge in [0.2, 0.25) is 10.0 Å². The molecule has 0 aliphatic carbocycles. The number of nitrogens with one attached hydrogen (secondary N) is 2. The van der Waals surface area contributed by atoms with Gasteiger partial charge in [-0.1, -0.05) is 5.21 Å². The average molecular weight is 285 g/mol. The van der Waals surface area contributed by atoms with E-state index in [0.29, 0.717) is 0 Å². The Morgan fingerprint density at radius 2 is 2.32 bits per heavy atom. The molecule has 0 aliphatic heterocycles. The van der Waals surface area contributed by atoms with Crippen molar-refractivity contribution >= 4 is 16.0 Å². The van der Waals surface area contributed by atoms with Gasteiger partial charge in [-0.05, 0) is 6.07 Å². The van der Waals surface area contributed by atoms with Gasteiger partial charge >= 0.3 is 5.97 Å². The number of carbonyl (C=O) groups is 1. The molecule has 3 N–H and O–H groups in total. The highest BCUT2D eigenvalue weighted by Crippen LogP contribution is 2.05. The van der Waals surface area contributed by atoms with Crippen LogP contribution in [-0.2, 0) is 16.6 Å². The first-order chi connectivity index (χ1) is 8.99. The van der Waals surface area contributed by atoms with Gasteiger partial charge in [0.25, 0.3) is 0 Å². The third-order valence-corrected chi connectivity index (χ3v) is 3.73. The second-order valence-electron chi connectivity index (χ2n) is 3.62. The van der Waals surface area contributed by atoms with Crippen molar-refractivity contribution in [3.05, 3.63) is 30.4 Å². The number of H-pyrrole nitrogens is 1. The van der Waals surface area contributed by atoms with Crippen LogP contribution in [0.25, 0.3) is 0 Å². The van der Waals surface area contributed by atoms with Crippen molar-refractivity contribution in [2.75, 3.05) is 6.54 Å². The van der Waals surface area contributed by atoms with Gasteiger partial charge < -0.3 is 10.1 Å². The van der Waals surface area contributed by atoms with E-state index in [1.54, 1.807) is 0 Å². The highest BCUT2D eigenvalue weighted by molar-refractivity contribution is 7.89. The monoisotopic (exact) mass is 285 g/mol. The van der Waals surface area contributed by atoms with Gasteiger partial charge in [-0.25, -0.2) is 17.9 Å². The molecule has 2 rings (SSSR count). The molecule has 0 amide bonds. The van der Waals surface area contributed by atoms with Crippen LogP contribution in [-0.4, -0.2) is 46.0 Å². The summed E-state index contributed by atoms with van der Waals surface area (Å²) in [5, 5.41) is 15.6. The molecule has 0 saturated carbocycles. The van der Waals surface area contributed by atoms with Crippen molar-refractivity contribution in [2.24, 2.45) is 0 Å². The van der Waals surface area contributed by atoms with Crippen LogP contribution in [0.4, 0.5) is 0 Å². The van der Waals surface area contributed by atoms with Crippen molar-refractivity contribution in [1.29, 1.82) is 0 Å². The maximum atomic E-state index is 11.7.